The standard InChI is InChI=1S/C36H55NO9/c1-22-10-7-5-6-8-12-28(38)25(4)32-18-14-24(3)36(44,46-32)33(41)34(42)37-19-9-11-27(37)35(43)45-31(17-13-22)23(2)20-26-15-16-29(39)30(40)21-26/h7-8,10,12,22-27,29-32,39-40,44H,5-6,9,11,13-21H2,1-4H3/t22-,23-,24-,25+,26+,27+,29-,30-,31+,32+,36-/m1/s1. The van der Waals surface area contributed by atoms with Crippen molar-refractivity contribution < 1.29 is 44.0 Å². The zero-order valence-corrected chi connectivity index (χ0v) is 28.0. The number of hydrogen-bond acceptors (Lipinski definition) is 9. The lowest BCUT2D eigenvalue weighted by atomic mass is 9.78. The Labute approximate surface area is 273 Å². The summed E-state index contributed by atoms with van der Waals surface area (Å²) in [5.74, 6) is -6.11. The number of Topliss-reactive ketones (excluding diaryl/α,β-unsaturated/α-hetero) is 1. The first-order valence-electron chi connectivity index (χ1n) is 17.5. The predicted octanol–water partition coefficient (Wildman–Crippen LogP) is 4.04. The summed E-state index contributed by atoms with van der Waals surface area (Å²) in [5, 5.41) is 31.7. The van der Waals surface area contributed by atoms with Crippen LogP contribution in [0.4, 0.5) is 0 Å². The fraction of sp³-hybridized carbons (Fsp3) is 0.778. The van der Waals surface area contributed by atoms with Gasteiger partial charge in [-0.15, -0.1) is 0 Å². The van der Waals surface area contributed by atoms with Gasteiger partial charge in [0, 0.05) is 18.4 Å². The Kier molecular flexibility index (Phi) is 12.8. The molecule has 46 heavy (non-hydrogen) atoms. The first-order chi connectivity index (χ1) is 21.8. The zero-order valence-electron chi connectivity index (χ0n) is 28.0. The van der Waals surface area contributed by atoms with E-state index in [1.807, 2.05) is 13.0 Å². The van der Waals surface area contributed by atoms with Gasteiger partial charge in [0.1, 0.15) is 12.1 Å². The lowest BCUT2D eigenvalue weighted by Crippen LogP contribution is -2.60. The number of fused-ring (bicyclic) bond motifs is 3. The molecule has 3 aliphatic heterocycles. The second kappa shape index (κ2) is 16.1. The minimum Gasteiger partial charge on any atom is -0.461 e. The number of nitrogens with zero attached hydrogens (tertiary/aromatic N) is 1. The Hall–Kier alpha value is -2.40. The topological polar surface area (TPSA) is 151 Å². The van der Waals surface area contributed by atoms with Crippen LogP contribution < -0.4 is 0 Å². The third kappa shape index (κ3) is 8.74. The van der Waals surface area contributed by atoms with Gasteiger partial charge in [-0.25, -0.2) is 4.79 Å². The zero-order chi connectivity index (χ0) is 33.6. The fourth-order valence-corrected chi connectivity index (χ4v) is 7.56. The highest BCUT2D eigenvalue weighted by Crippen LogP contribution is 2.37. The first kappa shape index (κ1) is 36.4. The molecule has 258 valence electrons. The second-order valence-electron chi connectivity index (χ2n) is 14.5. The van der Waals surface area contributed by atoms with E-state index in [1.54, 1.807) is 13.8 Å². The summed E-state index contributed by atoms with van der Waals surface area (Å²) < 4.78 is 12.1. The Morgan fingerprint density at radius 3 is 2.41 bits per heavy atom. The normalized spacial score (nSPS) is 39.8. The van der Waals surface area contributed by atoms with Gasteiger partial charge < -0.3 is 29.7 Å². The van der Waals surface area contributed by atoms with E-state index in [0.29, 0.717) is 51.4 Å². The van der Waals surface area contributed by atoms with Gasteiger partial charge in [0.25, 0.3) is 11.7 Å². The molecule has 0 spiro atoms. The molecule has 0 aromatic heterocycles. The molecule has 4 rings (SSSR count). The lowest BCUT2D eigenvalue weighted by molar-refractivity contribution is -0.268. The van der Waals surface area contributed by atoms with Crippen molar-refractivity contribution in [1.29, 1.82) is 0 Å². The summed E-state index contributed by atoms with van der Waals surface area (Å²) in [4.78, 5) is 55.2. The predicted molar refractivity (Wildman–Crippen MR) is 171 cm³/mol. The Balaban J connectivity index is 1.57. The van der Waals surface area contributed by atoms with Gasteiger partial charge in [-0.05, 0) is 101 Å². The molecule has 3 heterocycles. The molecule has 0 radical (unpaired) electrons. The Bertz CT molecular complexity index is 1150. The van der Waals surface area contributed by atoms with Crippen molar-refractivity contribution in [1.82, 2.24) is 4.90 Å². The summed E-state index contributed by atoms with van der Waals surface area (Å²) in [6.07, 6.45) is 12.1. The first-order valence-corrected chi connectivity index (χ1v) is 17.5. The van der Waals surface area contributed by atoms with Crippen molar-refractivity contribution in [3.05, 3.63) is 24.3 Å². The van der Waals surface area contributed by atoms with Gasteiger partial charge in [-0.1, -0.05) is 45.9 Å². The number of ketones is 2. The summed E-state index contributed by atoms with van der Waals surface area (Å²) in [6, 6.07) is -0.951. The van der Waals surface area contributed by atoms with Gasteiger partial charge >= 0.3 is 5.97 Å². The maximum absolute atomic E-state index is 13.7. The number of esters is 1. The van der Waals surface area contributed by atoms with Crippen molar-refractivity contribution in [2.75, 3.05) is 6.54 Å². The quantitative estimate of drug-likeness (QED) is 0.235. The van der Waals surface area contributed by atoms with Crippen LogP contribution in [-0.4, -0.2) is 86.5 Å². The van der Waals surface area contributed by atoms with E-state index in [-0.39, 0.29) is 30.1 Å². The molecule has 0 aromatic rings. The van der Waals surface area contributed by atoms with Crippen LogP contribution >= 0.6 is 0 Å². The number of amides is 1. The number of rotatable bonds is 3. The molecule has 3 fully saturated rings. The van der Waals surface area contributed by atoms with Gasteiger partial charge in [0.05, 0.1) is 18.3 Å². The molecule has 2 saturated heterocycles. The van der Waals surface area contributed by atoms with Crippen molar-refractivity contribution in [3.63, 3.8) is 0 Å². The van der Waals surface area contributed by atoms with Crippen molar-refractivity contribution >= 4 is 23.4 Å². The van der Waals surface area contributed by atoms with E-state index in [2.05, 4.69) is 19.1 Å². The van der Waals surface area contributed by atoms with Crippen LogP contribution in [0.1, 0.15) is 105 Å². The third-order valence-electron chi connectivity index (χ3n) is 10.8. The molecule has 1 amide bonds. The van der Waals surface area contributed by atoms with Crippen molar-refractivity contribution in [2.45, 2.75) is 141 Å². The fourth-order valence-electron chi connectivity index (χ4n) is 7.56. The number of aliphatic hydroxyl groups excluding tert-OH is 2. The van der Waals surface area contributed by atoms with Crippen LogP contribution in [0.15, 0.2) is 24.3 Å². The van der Waals surface area contributed by atoms with Gasteiger partial charge in [-0.3, -0.25) is 14.4 Å². The molecular formula is C36H55NO9. The highest BCUT2D eigenvalue weighted by Gasteiger charge is 2.54. The van der Waals surface area contributed by atoms with Crippen LogP contribution in [0.3, 0.4) is 0 Å². The molecule has 0 unspecified atom stereocenters. The van der Waals surface area contributed by atoms with E-state index in [4.69, 9.17) is 9.47 Å². The number of ether oxygens (including phenoxy) is 2. The van der Waals surface area contributed by atoms with Crippen LogP contribution in [0.5, 0.6) is 0 Å². The highest BCUT2D eigenvalue weighted by atomic mass is 16.6. The number of cyclic esters (lactones) is 1. The second-order valence-corrected chi connectivity index (χ2v) is 14.5. The molecule has 11 atom stereocenters. The smallest absolute Gasteiger partial charge is 0.329 e. The molecule has 10 nitrogen and oxygen atoms in total. The monoisotopic (exact) mass is 645 g/mol. The Morgan fingerprint density at radius 1 is 0.935 bits per heavy atom. The number of carbonyl (C=O) groups excluding carboxylic acids is 4. The average molecular weight is 646 g/mol. The molecule has 2 bridgehead atoms. The molecule has 3 N–H and O–H groups in total. The summed E-state index contributed by atoms with van der Waals surface area (Å²) in [5.41, 5.74) is 0. The van der Waals surface area contributed by atoms with E-state index < -0.39 is 65.7 Å². The van der Waals surface area contributed by atoms with Crippen LogP contribution in [0.25, 0.3) is 0 Å². The highest BCUT2D eigenvalue weighted by molar-refractivity contribution is 6.39. The van der Waals surface area contributed by atoms with E-state index in [9.17, 15) is 34.5 Å². The largest absolute Gasteiger partial charge is 0.461 e. The maximum atomic E-state index is 13.7. The maximum Gasteiger partial charge on any atom is 0.329 e. The number of allylic oxidation sites excluding steroid dienone is 4. The SMILES string of the molecule is C[C@@H]1C=CCCC=CC(=O)[C@H](C)[C@@H]2CC[C@@H](C)[C@@](O)(O2)C(=O)C(=O)N2CCC[C@H]2C(=O)O[C@H]([C@H](C)C[C@@H]2CC[C@@H](O)[C@H](O)C2)CC1. The van der Waals surface area contributed by atoms with Gasteiger partial charge in [0.15, 0.2) is 5.78 Å². The van der Waals surface area contributed by atoms with E-state index in [0.717, 1.165) is 25.7 Å². The van der Waals surface area contributed by atoms with Crippen molar-refractivity contribution in [3.8, 4) is 0 Å². The molecule has 0 aromatic carbocycles. The number of carbonyl (C=O) groups is 4. The summed E-state index contributed by atoms with van der Waals surface area (Å²) in [7, 11) is 0. The van der Waals surface area contributed by atoms with Crippen LogP contribution in [0, 0.1) is 29.6 Å². The van der Waals surface area contributed by atoms with E-state index in [1.165, 1.54) is 11.0 Å². The molecular weight excluding hydrogens is 590 g/mol. The number of hydrogen-bond donors (Lipinski definition) is 3. The summed E-state index contributed by atoms with van der Waals surface area (Å²) in [6.45, 7) is 7.70. The lowest BCUT2D eigenvalue weighted by Gasteiger charge is -2.42. The number of aliphatic hydroxyl groups is 3. The molecule has 1 saturated carbocycles. The van der Waals surface area contributed by atoms with Crippen LogP contribution in [-0.2, 0) is 28.7 Å². The minimum atomic E-state index is -2.40. The van der Waals surface area contributed by atoms with Gasteiger partial charge in [0.2, 0.25) is 5.79 Å². The molecule has 10 heteroatoms. The van der Waals surface area contributed by atoms with Crippen molar-refractivity contribution in [2.24, 2.45) is 29.6 Å². The average Bonchev–Trinajstić information content (AvgIpc) is 3.52. The van der Waals surface area contributed by atoms with Crippen LogP contribution in [0.2, 0.25) is 0 Å². The third-order valence-corrected chi connectivity index (χ3v) is 10.8. The van der Waals surface area contributed by atoms with Gasteiger partial charge in [-0.2, -0.15) is 0 Å². The molecule has 4 aliphatic rings. The van der Waals surface area contributed by atoms with E-state index >= 15 is 0 Å². The minimum absolute atomic E-state index is 0.0276. The summed E-state index contributed by atoms with van der Waals surface area (Å²) >= 11 is 0. The molecule has 1 aliphatic carbocycles. The Morgan fingerprint density at radius 2 is 1.67 bits per heavy atom.